The summed E-state index contributed by atoms with van der Waals surface area (Å²) in [6.07, 6.45) is 5.19. The minimum atomic E-state index is 0.258. The van der Waals surface area contributed by atoms with Crippen molar-refractivity contribution in [2.75, 3.05) is 30.9 Å². The zero-order valence-corrected chi connectivity index (χ0v) is 12.1. The summed E-state index contributed by atoms with van der Waals surface area (Å²) >= 11 is 1.62. The lowest BCUT2D eigenvalue weighted by Crippen LogP contribution is -2.36. The number of thioether (sulfide) groups is 1. The van der Waals surface area contributed by atoms with E-state index in [1.165, 1.54) is 6.42 Å². The summed E-state index contributed by atoms with van der Waals surface area (Å²) in [5.74, 6) is 0.545. The second-order valence-electron chi connectivity index (χ2n) is 4.93. The fourth-order valence-electron chi connectivity index (χ4n) is 2.77. The van der Waals surface area contributed by atoms with Gasteiger partial charge in [0.05, 0.1) is 11.3 Å². The molecule has 0 radical (unpaired) electrons. The standard InChI is InChI=1S/C15H20N2OS/c1-19-15-6-2-5-14(13(15)10-16)17-8-3-4-12(11-17)7-9-18/h2,5-6,12,18H,3-4,7-9,11H2,1H3. The lowest BCUT2D eigenvalue weighted by Gasteiger charge is -2.35. The lowest BCUT2D eigenvalue weighted by molar-refractivity contribution is 0.244. The third-order valence-corrected chi connectivity index (χ3v) is 4.51. The summed E-state index contributed by atoms with van der Waals surface area (Å²) in [6, 6.07) is 8.42. The molecule has 0 aliphatic carbocycles. The van der Waals surface area contributed by atoms with Crippen molar-refractivity contribution in [1.29, 1.82) is 5.26 Å². The van der Waals surface area contributed by atoms with Crippen LogP contribution in [-0.4, -0.2) is 31.1 Å². The van der Waals surface area contributed by atoms with Crippen molar-refractivity contribution < 1.29 is 5.11 Å². The number of nitrogens with zero attached hydrogens (tertiary/aromatic N) is 2. The summed E-state index contributed by atoms with van der Waals surface area (Å²) in [5.41, 5.74) is 1.84. The molecule has 1 aromatic carbocycles. The van der Waals surface area contributed by atoms with Gasteiger partial charge in [-0.15, -0.1) is 11.8 Å². The number of hydrogen-bond donors (Lipinski definition) is 1. The normalized spacial score (nSPS) is 19.2. The van der Waals surface area contributed by atoms with Crippen LogP contribution in [0.5, 0.6) is 0 Å². The molecular formula is C15H20N2OS. The number of piperidine rings is 1. The van der Waals surface area contributed by atoms with Gasteiger partial charge >= 0.3 is 0 Å². The number of nitriles is 1. The average molecular weight is 276 g/mol. The molecule has 1 unspecified atom stereocenters. The molecule has 1 atom stereocenters. The molecule has 0 amide bonds. The van der Waals surface area contributed by atoms with E-state index in [1.807, 2.05) is 24.5 Å². The Morgan fingerprint density at radius 3 is 3.05 bits per heavy atom. The molecule has 0 aromatic heterocycles. The highest BCUT2D eigenvalue weighted by molar-refractivity contribution is 7.98. The van der Waals surface area contributed by atoms with Crippen LogP contribution in [-0.2, 0) is 0 Å². The Morgan fingerprint density at radius 2 is 2.37 bits per heavy atom. The smallest absolute Gasteiger partial charge is 0.103 e. The molecule has 1 aromatic rings. The van der Waals surface area contributed by atoms with Gasteiger partial charge in [-0.1, -0.05) is 6.07 Å². The Hall–Kier alpha value is -1.18. The molecule has 0 bridgehead atoms. The first-order chi connectivity index (χ1) is 9.30. The first-order valence-corrected chi connectivity index (χ1v) is 7.95. The second kappa shape index (κ2) is 6.83. The van der Waals surface area contributed by atoms with Gasteiger partial charge in [0.2, 0.25) is 0 Å². The van der Waals surface area contributed by atoms with E-state index in [-0.39, 0.29) is 6.61 Å². The van der Waals surface area contributed by atoms with E-state index >= 15 is 0 Å². The minimum absolute atomic E-state index is 0.258. The van der Waals surface area contributed by atoms with Gasteiger partial charge in [0.25, 0.3) is 0 Å². The first-order valence-electron chi connectivity index (χ1n) is 6.73. The predicted molar refractivity (Wildman–Crippen MR) is 79.6 cm³/mol. The van der Waals surface area contributed by atoms with Crippen molar-refractivity contribution in [3.63, 3.8) is 0 Å². The Kier molecular flexibility index (Phi) is 5.12. The van der Waals surface area contributed by atoms with E-state index in [1.54, 1.807) is 11.8 Å². The highest BCUT2D eigenvalue weighted by Crippen LogP contribution is 2.32. The monoisotopic (exact) mass is 276 g/mol. The number of anilines is 1. The van der Waals surface area contributed by atoms with Crippen LogP contribution in [0.25, 0.3) is 0 Å². The molecular weight excluding hydrogens is 256 g/mol. The van der Waals surface area contributed by atoms with Gasteiger partial charge in [-0.25, -0.2) is 0 Å². The van der Waals surface area contributed by atoms with E-state index in [2.05, 4.69) is 11.0 Å². The van der Waals surface area contributed by atoms with Crippen LogP contribution in [0.4, 0.5) is 5.69 Å². The summed E-state index contributed by atoms with van der Waals surface area (Å²) in [6.45, 7) is 2.22. The molecule has 1 aliphatic heterocycles. The number of aliphatic hydroxyl groups excluding tert-OH is 1. The molecule has 0 spiro atoms. The van der Waals surface area contributed by atoms with E-state index in [0.29, 0.717) is 5.92 Å². The molecule has 1 aliphatic rings. The van der Waals surface area contributed by atoms with Crippen molar-refractivity contribution in [3.05, 3.63) is 23.8 Å². The van der Waals surface area contributed by atoms with Gasteiger partial charge in [-0.05, 0) is 43.6 Å². The van der Waals surface area contributed by atoms with Crippen LogP contribution >= 0.6 is 11.8 Å². The number of benzene rings is 1. The van der Waals surface area contributed by atoms with Crippen LogP contribution in [0.15, 0.2) is 23.1 Å². The van der Waals surface area contributed by atoms with Crippen LogP contribution in [0.2, 0.25) is 0 Å². The Bertz CT molecular complexity index is 468. The minimum Gasteiger partial charge on any atom is -0.396 e. The predicted octanol–water partition coefficient (Wildman–Crippen LogP) is 2.88. The Labute approximate surface area is 119 Å². The first kappa shape index (κ1) is 14.2. The number of hydrogen-bond acceptors (Lipinski definition) is 4. The van der Waals surface area contributed by atoms with Crippen molar-refractivity contribution in [2.45, 2.75) is 24.2 Å². The topological polar surface area (TPSA) is 47.3 Å². The average Bonchev–Trinajstić information content (AvgIpc) is 2.47. The van der Waals surface area contributed by atoms with Crippen LogP contribution in [0, 0.1) is 17.2 Å². The molecule has 1 fully saturated rings. The van der Waals surface area contributed by atoms with E-state index in [9.17, 15) is 5.26 Å². The SMILES string of the molecule is CSc1cccc(N2CCCC(CCO)C2)c1C#N. The summed E-state index contributed by atoms with van der Waals surface area (Å²) in [4.78, 5) is 3.35. The van der Waals surface area contributed by atoms with E-state index in [4.69, 9.17) is 5.11 Å². The lowest BCUT2D eigenvalue weighted by atomic mass is 9.94. The van der Waals surface area contributed by atoms with Gasteiger partial charge in [-0.3, -0.25) is 0 Å². The summed E-state index contributed by atoms with van der Waals surface area (Å²) in [7, 11) is 0. The molecule has 4 heteroatoms. The van der Waals surface area contributed by atoms with Gasteiger partial charge < -0.3 is 10.0 Å². The molecule has 2 rings (SSSR count). The molecule has 1 saturated heterocycles. The largest absolute Gasteiger partial charge is 0.396 e. The van der Waals surface area contributed by atoms with Crippen molar-refractivity contribution >= 4 is 17.4 Å². The Balaban J connectivity index is 2.24. The van der Waals surface area contributed by atoms with Crippen molar-refractivity contribution in [1.82, 2.24) is 0 Å². The van der Waals surface area contributed by atoms with Crippen LogP contribution in [0.1, 0.15) is 24.8 Å². The van der Waals surface area contributed by atoms with Crippen molar-refractivity contribution in [3.8, 4) is 6.07 Å². The van der Waals surface area contributed by atoms with Gasteiger partial charge in [0.1, 0.15) is 6.07 Å². The van der Waals surface area contributed by atoms with E-state index < -0.39 is 0 Å². The Morgan fingerprint density at radius 1 is 1.53 bits per heavy atom. The van der Waals surface area contributed by atoms with Gasteiger partial charge in [0.15, 0.2) is 0 Å². The highest BCUT2D eigenvalue weighted by atomic mass is 32.2. The molecule has 1 N–H and O–H groups in total. The number of rotatable bonds is 4. The maximum atomic E-state index is 9.40. The molecule has 3 nitrogen and oxygen atoms in total. The summed E-state index contributed by atoms with van der Waals surface area (Å²) in [5, 5.41) is 18.5. The maximum Gasteiger partial charge on any atom is 0.103 e. The maximum absolute atomic E-state index is 9.40. The molecule has 0 saturated carbocycles. The zero-order chi connectivity index (χ0) is 13.7. The van der Waals surface area contributed by atoms with Gasteiger partial charge in [0, 0.05) is 24.6 Å². The quantitative estimate of drug-likeness (QED) is 0.859. The number of aliphatic hydroxyl groups is 1. The van der Waals surface area contributed by atoms with E-state index in [0.717, 1.165) is 42.1 Å². The highest BCUT2D eigenvalue weighted by Gasteiger charge is 2.22. The molecule has 102 valence electrons. The second-order valence-corrected chi connectivity index (χ2v) is 5.78. The van der Waals surface area contributed by atoms with Gasteiger partial charge in [-0.2, -0.15) is 5.26 Å². The van der Waals surface area contributed by atoms with Crippen LogP contribution < -0.4 is 4.90 Å². The molecule has 1 heterocycles. The summed E-state index contributed by atoms with van der Waals surface area (Å²) < 4.78 is 0. The molecule has 19 heavy (non-hydrogen) atoms. The van der Waals surface area contributed by atoms with Crippen LogP contribution in [0.3, 0.4) is 0 Å². The fraction of sp³-hybridized carbons (Fsp3) is 0.533. The van der Waals surface area contributed by atoms with Crippen molar-refractivity contribution in [2.24, 2.45) is 5.92 Å². The zero-order valence-electron chi connectivity index (χ0n) is 11.3. The third-order valence-electron chi connectivity index (χ3n) is 3.73. The third kappa shape index (κ3) is 3.23. The fourth-order valence-corrected chi connectivity index (χ4v) is 3.34.